The van der Waals surface area contributed by atoms with Crippen molar-refractivity contribution in [2.24, 2.45) is 4.99 Å². The average Bonchev–Trinajstić information content (AvgIpc) is 2.81. The Hall–Kier alpha value is -2.93. The number of carbonyl (C=O) groups excluding carboxylic acids is 1. The first-order valence-electron chi connectivity index (χ1n) is 11.7. The average molecular weight is 437 g/mol. The van der Waals surface area contributed by atoms with Crippen molar-refractivity contribution in [3.05, 3.63) is 59.3 Å². The van der Waals surface area contributed by atoms with Gasteiger partial charge in [0.2, 0.25) is 5.91 Å². The molecule has 1 aromatic carbocycles. The highest BCUT2D eigenvalue weighted by molar-refractivity contribution is 5.90. The van der Waals surface area contributed by atoms with Crippen LogP contribution in [0.1, 0.15) is 49.3 Å². The lowest BCUT2D eigenvalue weighted by Crippen LogP contribution is -2.38. The van der Waals surface area contributed by atoms with Crippen LogP contribution in [0, 0.1) is 6.92 Å². The summed E-state index contributed by atoms with van der Waals surface area (Å²) in [4.78, 5) is 23.5. The van der Waals surface area contributed by atoms with Gasteiger partial charge < -0.3 is 16.0 Å². The summed E-state index contributed by atoms with van der Waals surface area (Å²) in [6.45, 7) is 9.31. The van der Waals surface area contributed by atoms with Crippen molar-refractivity contribution in [3.8, 4) is 0 Å². The molecule has 7 heteroatoms. The third-order valence-corrected chi connectivity index (χ3v) is 5.47. The number of piperidine rings is 1. The summed E-state index contributed by atoms with van der Waals surface area (Å²) in [7, 11) is 0. The fourth-order valence-electron chi connectivity index (χ4n) is 3.68. The number of aryl methyl sites for hydroxylation is 1. The van der Waals surface area contributed by atoms with Crippen molar-refractivity contribution < 1.29 is 4.79 Å². The second kappa shape index (κ2) is 12.8. The summed E-state index contributed by atoms with van der Waals surface area (Å²) in [5.41, 5.74) is 3.60. The zero-order valence-electron chi connectivity index (χ0n) is 19.4. The molecule has 1 aliphatic rings. The summed E-state index contributed by atoms with van der Waals surface area (Å²) >= 11 is 0. The Balaban J connectivity index is 1.43. The summed E-state index contributed by atoms with van der Waals surface area (Å²) in [5, 5.41) is 9.28. The van der Waals surface area contributed by atoms with E-state index in [1.54, 1.807) is 6.20 Å². The molecule has 2 heterocycles. The van der Waals surface area contributed by atoms with E-state index >= 15 is 0 Å². The predicted octanol–water partition coefficient (Wildman–Crippen LogP) is 3.46. The van der Waals surface area contributed by atoms with Crippen molar-refractivity contribution in [2.45, 2.75) is 52.6 Å². The molecule has 1 aliphatic heterocycles. The molecule has 1 amide bonds. The Morgan fingerprint density at radius 2 is 1.78 bits per heavy atom. The summed E-state index contributed by atoms with van der Waals surface area (Å²) in [6, 6.07) is 12.5. The molecule has 0 saturated carbocycles. The lowest BCUT2D eigenvalue weighted by atomic mass is 10.1. The molecule has 0 atom stereocenters. The fourth-order valence-corrected chi connectivity index (χ4v) is 3.68. The van der Waals surface area contributed by atoms with E-state index < -0.39 is 0 Å². The van der Waals surface area contributed by atoms with E-state index in [0.717, 1.165) is 18.7 Å². The number of nitrogens with zero attached hydrogens (tertiary/aromatic N) is 3. The van der Waals surface area contributed by atoms with Gasteiger partial charge in [0, 0.05) is 32.3 Å². The summed E-state index contributed by atoms with van der Waals surface area (Å²) in [6.07, 6.45) is 6.08. The van der Waals surface area contributed by atoms with E-state index in [0.29, 0.717) is 31.3 Å². The van der Waals surface area contributed by atoms with Crippen LogP contribution in [-0.4, -0.2) is 47.9 Å². The monoisotopic (exact) mass is 436 g/mol. The van der Waals surface area contributed by atoms with E-state index in [1.165, 1.54) is 43.5 Å². The number of aliphatic imine (C=N–C) groups is 1. The SMILES string of the molecule is CCNC(=NCc1ccc(CN2CCCCC2)cc1)NCCC(=O)Nc1ccc(C)cn1. The fraction of sp³-hybridized carbons (Fsp3) is 0.480. The highest BCUT2D eigenvalue weighted by Gasteiger charge is 2.10. The molecule has 1 saturated heterocycles. The van der Waals surface area contributed by atoms with Crippen LogP contribution in [0.5, 0.6) is 0 Å². The van der Waals surface area contributed by atoms with Crippen LogP contribution in [0.3, 0.4) is 0 Å². The predicted molar refractivity (Wildman–Crippen MR) is 131 cm³/mol. The highest BCUT2D eigenvalue weighted by Crippen LogP contribution is 2.14. The van der Waals surface area contributed by atoms with Crippen molar-refractivity contribution >= 4 is 17.7 Å². The Kier molecular flexibility index (Phi) is 9.50. The summed E-state index contributed by atoms with van der Waals surface area (Å²) < 4.78 is 0. The van der Waals surface area contributed by atoms with E-state index in [-0.39, 0.29) is 5.91 Å². The van der Waals surface area contributed by atoms with Gasteiger partial charge >= 0.3 is 0 Å². The second-order valence-corrected chi connectivity index (χ2v) is 8.29. The number of pyridine rings is 1. The minimum Gasteiger partial charge on any atom is -0.357 e. The number of anilines is 1. The van der Waals surface area contributed by atoms with Crippen LogP contribution in [0.15, 0.2) is 47.6 Å². The zero-order valence-corrected chi connectivity index (χ0v) is 19.4. The molecule has 1 aromatic heterocycles. The first-order valence-corrected chi connectivity index (χ1v) is 11.7. The molecule has 0 radical (unpaired) electrons. The number of nitrogens with one attached hydrogen (secondary N) is 3. The number of aromatic nitrogens is 1. The van der Waals surface area contributed by atoms with Crippen molar-refractivity contribution in [1.29, 1.82) is 0 Å². The molecule has 0 aliphatic carbocycles. The Labute approximate surface area is 191 Å². The van der Waals surface area contributed by atoms with Gasteiger partial charge in [-0.15, -0.1) is 0 Å². The van der Waals surface area contributed by atoms with Gasteiger partial charge in [0.1, 0.15) is 5.82 Å². The van der Waals surface area contributed by atoms with Crippen LogP contribution < -0.4 is 16.0 Å². The van der Waals surface area contributed by atoms with Gasteiger partial charge in [-0.05, 0) is 62.5 Å². The number of amides is 1. The number of benzene rings is 1. The van der Waals surface area contributed by atoms with Gasteiger partial charge in [0.15, 0.2) is 5.96 Å². The number of carbonyl (C=O) groups is 1. The van der Waals surface area contributed by atoms with Gasteiger partial charge in [-0.2, -0.15) is 0 Å². The maximum Gasteiger partial charge on any atom is 0.227 e. The van der Waals surface area contributed by atoms with Crippen LogP contribution in [0.2, 0.25) is 0 Å². The third-order valence-electron chi connectivity index (χ3n) is 5.47. The smallest absolute Gasteiger partial charge is 0.227 e. The van der Waals surface area contributed by atoms with Crippen molar-refractivity contribution in [2.75, 3.05) is 31.5 Å². The normalized spacial score (nSPS) is 14.8. The Morgan fingerprint density at radius 1 is 1.03 bits per heavy atom. The standard InChI is InChI=1S/C25H36N6O/c1-3-26-25(27-14-13-24(32)30-23-12-7-20(2)17-28-23)29-18-21-8-10-22(11-9-21)19-31-15-5-4-6-16-31/h7-12,17H,3-6,13-16,18-19H2,1-2H3,(H2,26,27,29)(H,28,30,32). The maximum absolute atomic E-state index is 12.1. The van der Waals surface area contributed by atoms with Crippen LogP contribution >= 0.6 is 0 Å². The third kappa shape index (κ3) is 8.30. The largest absolute Gasteiger partial charge is 0.357 e. The molecule has 172 valence electrons. The topological polar surface area (TPSA) is 81.7 Å². The van der Waals surface area contributed by atoms with Gasteiger partial charge in [-0.3, -0.25) is 9.69 Å². The molecule has 1 fully saturated rings. The molecule has 0 bridgehead atoms. The number of rotatable bonds is 9. The van der Waals surface area contributed by atoms with Gasteiger partial charge in [-0.25, -0.2) is 9.98 Å². The van der Waals surface area contributed by atoms with E-state index in [4.69, 9.17) is 0 Å². The lowest BCUT2D eigenvalue weighted by Gasteiger charge is -2.26. The van der Waals surface area contributed by atoms with E-state index in [2.05, 4.69) is 55.1 Å². The molecule has 0 unspecified atom stereocenters. The molecule has 3 rings (SSSR count). The minimum absolute atomic E-state index is 0.0750. The second-order valence-electron chi connectivity index (χ2n) is 8.29. The minimum atomic E-state index is -0.0750. The van der Waals surface area contributed by atoms with Crippen LogP contribution in [-0.2, 0) is 17.9 Å². The highest BCUT2D eigenvalue weighted by atomic mass is 16.1. The quantitative estimate of drug-likeness (QED) is 0.414. The van der Waals surface area contributed by atoms with E-state index in [9.17, 15) is 4.79 Å². The molecule has 2 aromatic rings. The first kappa shape index (κ1) is 23.7. The van der Waals surface area contributed by atoms with Crippen molar-refractivity contribution in [3.63, 3.8) is 0 Å². The van der Waals surface area contributed by atoms with Gasteiger partial charge in [0.05, 0.1) is 6.54 Å². The number of likely N-dealkylation sites (tertiary alicyclic amines) is 1. The van der Waals surface area contributed by atoms with Gasteiger partial charge in [-0.1, -0.05) is 36.8 Å². The first-order chi connectivity index (χ1) is 15.6. The van der Waals surface area contributed by atoms with Crippen LogP contribution in [0.25, 0.3) is 0 Å². The zero-order chi connectivity index (χ0) is 22.6. The molecular formula is C25H36N6O. The number of hydrogen-bond donors (Lipinski definition) is 3. The molecule has 0 spiro atoms. The summed E-state index contributed by atoms with van der Waals surface area (Å²) in [5.74, 6) is 1.21. The Morgan fingerprint density at radius 3 is 2.47 bits per heavy atom. The number of guanidine groups is 1. The van der Waals surface area contributed by atoms with Gasteiger partial charge in [0.25, 0.3) is 0 Å². The van der Waals surface area contributed by atoms with Crippen molar-refractivity contribution in [1.82, 2.24) is 20.5 Å². The maximum atomic E-state index is 12.1. The lowest BCUT2D eigenvalue weighted by molar-refractivity contribution is -0.116. The molecule has 32 heavy (non-hydrogen) atoms. The molecule has 7 nitrogen and oxygen atoms in total. The molecular weight excluding hydrogens is 400 g/mol. The van der Waals surface area contributed by atoms with Crippen LogP contribution in [0.4, 0.5) is 5.82 Å². The Bertz CT molecular complexity index is 857. The molecule has 3 N–H and O–H groups in total. The van der Waals surface area contributed by atoms with E-state index in [1.807, 2.05) is 26.0 Å². The number of hydrogen-bond acceptors (Lipinski definition) is 4.